The number of rotatable bonds is 7. The number of aromatic amines is 1. The number of aryl methyl sites for hydroxylation is 1. The Hall–Kier alpha value is -3.45. The molecule has 1 aliphatic heterocycles. The number of H-pyrrole nitrogens is 1. The van der Waals surface area contributed by atoms with Gasteiger partial charge in [0, 0.05) is 42.0 Å². The Balaban J connectivity index is 1.34. The Bertz CT molecular complexity index is 1060. The van der Waals surface area contributed by atoms with Gasteiger partial charge in [-0.05, 0) is 67.3 Å². The lowest BCUT2D eigenvalue weighted by Gasteiger charge is -2.12. The third-order valence-electron chi connectivity index (χ3n) is 5.61. The van der Waals surface area contributed by atoms with Gasteiger partial charge in [0.1, 0.15) is 0 Å². The van der Waals surface area contributed by atoms with E-state index in [0.717, 1.165) is 41.6 Å². The summed E-state index contributed by atoms with van der Waals surface area (Å²) in [5.74, 6) is -0.239. The smallest absolute Gasteiger partial charge is 0.251 e. The number of amides is 2. The van der Waals surface area contributed by atoms with Crippen LogP contribution in [0.4, 0.5) is 0 Å². The summed E-state index contributed by atoms with van der Waals surface area (Å²) >= 11 is 0. The topological polar surface area (TPSA) is 98.9 Å². The van der Waals surface area contributed by atoms with E-state index < -0.39 is 0 Å². The Morgan fingerprint density at radius 1 is 1.10 bits per heavy atom. The molecule has 1 aliphatic rings. The summed E-state index contributed by atoms with van der Waals surface area (Å²) in [7, 11) is 0. The van der Waals surface area contributed by atoms with Crippen molar-refractivity contribution in [3.63, 3.8) is 0 Å². The lowest BCUT2D eigenvalue weighted by Crippen LogP contribution is -2.37. The summed E-state index contributed by atoms with van der Waals surface area (Å²) in [5, 5.41) is 16.1. The van der Waals surface area contributed by atoms with Crippen LogP contribution in [0.25, 0.3) is 11.1 Å². The number of carbonyl (C=O) groups excluding carboxylic acids is 2. The molecule has 0 saturated carbocycles. The van der Waals surface area contributed by atoms with Gasteiger partial charge >= 0.3 is 0 Å². The van der Waals surface area contributed by atoms with E-state index in [-0.39, 0.29) is 11.8 Å². The molecule has 160 valence electrons. The molecule has 0 spiro atoms. The van der Waals surface area contributed by atoms with Gasteiger partial charge < -0.3 is 16.0 Å². The monoisotopic (exact) mass is 417 g/mol. The fraction of sp³-hybridized carbons (Fsp3) is 0.292. The summed E-state index contributed by atoms with van der Waals surface area (Å²) < 4.78 is 0. The van der Waals surface area contributed by atoms with Crippen LogP contribution in [0.3, 0.4) is 0 Å². The van der Waals surface area contributed by atoms with E-state index in [1.807, 2.05) is 49.5 Å². The van der Waals surface area contributed by atoms with Crippen LogP contribution in [0.1, 0.15) is 44.7 Å². The average Bonchev–Trinajstić information content (AvgIpc) is 3.50. The second-order valence-corrected chi connectivity index (χ2v) is 7.90. The molecule has 3 aromatic rings. The molecule has 7 nitrogen and oxygen atoms in total. The van der Waals surface area contributed by atoms with Gasteiger partial charge in [-0.2, -0.15) is 5.10 Å². The van der Waals surface area contributed by atoms with E-state index >= 15 is 0 Å². The largest absolute Gasteiger partial charge is 0.350 e. The van der Waals surface area contributed by atoms with Crippen molar-refractivity contribution >= 4 is 11.8 Å². The van der Waals surface area contributed by atoms with E-state index in [0.29, 0.717) is 30.3 Å². The van der Waals surface area contributed by atoms with Crippen molar-refractivity contribution in [2.45, 2.75) is 32.4 Å². The zero-order valence-corrected chi connectivity index (χ0v) is 17.6. The summed E-state index contributed by atoms with van der Waals surface area (Å²) in [4.78, 5) is 25.1. The predicted molar refractivity (Wildman–Crippen MR) is 120 cm³/mol. The summed E-state index contributed by atoms with van der Waals surface area (Å²) in [6.45, 7) is 3.98. The maximum absolute atomic E-state index is 12.6. The van der Waals surface area contributed by atoms with Crippen molar-refractivity contribution in [1.29, 1.82) is 0 Å². The van der Waals surface area contributed by atoms with Crippen molar-refractivity contribution in [3.8, 4) is 11.1 Å². The predicted octanol–water partition coefficient (Wildman–Crippen LogP) is 2.80. The first-order valence-corrected chi connectivity index (χ1v) is 10.6. The van der Waals surface area contributed by atoms with Gasteiger partial charge in [-0.15, -0.1) is 0 Å². The average molecular weight is 418 g/mol. The molecule has 2 amide bonds. The van der Waals surface area contributed by atoms with Gasteiger partial charge in [0.2, 0.25) is 0 Å². The van der Waals surface area contributed by atoms with E-state index in [1.54, 1.807) is 12.3 Å². The second kappa shape index (κ2) is 9.57. The molecule has 4 rings (SSSR count). The SMILES string of the molecule is Cc1cc(C(=O)NCc2cccc(C(=O)NC[C@H]3CCCN3)c2)ccc1-c1cn[nH]c1. The summed E-state index contributed by atoms with van der Waals surface area (Å²) in [6, 6.07) is 13.3. The summed E-state index contributed by atoms with van der Waals surface area (Å²) in [5.41, 5.74) is 5.11. The van der Waals surface area contributed by atoms with Crippen LogP contribution < -0.4 is 16.0 Å². The van der Waals surface area contributed by atoms with E-state index in [2.05, 4.69) is 26.1 Å². The molecule has 1 atom stereocenters. The molecule has 1 saturated heterocycles. The molecule has 1 fully saturated rings. The Kier molecular flexibility index (Phi) is 6.43. The highest BCUT2D eigenvalue weighted by Gasteiger charge is 2.15. The molecule has 7 heteroatoms. The lowest BCUT2D eigenvalue weighted by molar-refractivity contribution is 0.0945. The fourth-order valence-corrected chi connectivity index (χ4v) is 3.88. The number of benzene rings is 2. The minimum absolute atomic E-state index is 0.0904. The summed E-state index contributed by atoms with van der Waals surface area (Å²) in [6.07, 6.45) is 5.83. The van der Waals surface area contributed by atoms with Crippen molar-refractivity contribution in [2.75, 3.05) is 13.1 Å². The van der Waals surface area contributed by atoms with E-state index in [1.165, 1.54) is 0 Å². The molecule has 2 heterocycles. The first-order chi connectivity index (χ1) is 15.1. The first-order valence-electron chi connectivity index (χ1n) is 10.6. The number of hydrogen-bond acceptors (Lipinski definition) is 4. The third kappa shape index (κ3) is 5.19. The van der Waals surface area contributed by atoms with Crippen LogP contribution >= 0.6 is 0 Å². The van der Waals surface area contributed by atoms with E-state index in [9.17, 15) is 9.59 Å². The zero-order chi connectivity index (χ0) is 21.6. The molecule has 0 unspecified atom stereocenters. The number of aromatic nitrogens is 2. The Morgan fingerprint density at radius 2 is 1.94 bits per heavy atom. The molecule has 4 N–H and O–H groups in total. The van der Waals surface area contributed by atoms with Crippen LogP contribution in [0.5, 0.6) is 0 Å². The van der Waals surface area contributed by atoms with Crippen LogP contribution in [0.2, 0.25) is 0 Å². The zero-order valence-electron chi connectivity index (χ0n) is 17.6. The van der Waals surface area contributed by atoms with Crippen molar-refractivity contribution in [3.05, 3.63) is 77.1 Å². The quantitative estimate of drug-likeness (QED) is 0.475. The minimum atomic E-state index is -0.149. The minimum Gasteiger partial charge on any atom is -0.350 e. The first kappa shape index (κ1) is 20.8. The van der Waals surface area contributed by atoms with Gasteiger partial charge in [-0.3, -0.25) is 14.7 Å². The number of nitrogens with one attached hydrogen (secondary N) is 4. The Morgan fingerprint density at radius 3 is 2.68 bits per heavy atom. The maximum atomic E-state index is 12.6. The highest BCUT2D eigenvalue weighted by molar-refractivity contribution is 5.95. The van der Waals surface area contributed by atoms with Gasteiger partial charge in [-0.25, -0.2) is 0 Å². The van der Waals surface area contributed by atoms with Crippen LogP contribution in [0, 0.1) is 6.92 Å². The van der Waals surface area contributed by atoms with Crippen LogP contribution in [-0.4, -0.2) is 41.1 Å². The number of carbonyl (C=O) groups is 2. The molecule has 2 aromatic carbocycles. The Labute approximate surface area is 181 Å². The van der Waals surface area contributed by atoms with Gasteiger partial charge in [0.15, 0.2) is 0 Å². The number of hydrogen-bond donors (Lipinski definition) is 4. The molecule has 0 radical (unpaired) electrons. The maximum Gasteiger partial charge on any atom is 0.251 e. The van der Waals surface area contributed by atoms with Gasteiger partial charge in [0.25, 0.3) is 11.8 Å². The van der Waals surface area contributed by atoms with Crippen molar-refractivity contribution in [2.24, 2.45) is 0 Å². The number of nitrogens with zero attached hydrogens (tertiary/aromatic N) is 1. The lowest BCUT2D eigenvalue weighted by atomic mass is 10.0. The third-order valence-corrected chi connectivity index (χ3v) is 5.61. The van der Waals surface area contributed by atoms with Crippen molar-refractivity contribution in [1.82, 2.24) is 26.1 Å². The fourth-order valence-electron chi connectivity index (χ4n) is 3.88. The van der Waals surface area contributed by atoms with Crippen molar-refractivity contribution < 1.29 is 9.59 Å². The molecule has 0 bridgehead atoms. The molecule has 0 aliphatic carbocycles. The standard InChI is InChI=1S/C24H27N5O2/c1-16-10-19(7-8-22(16)20-13-28-29-14-20)24(31)26-12-17-4-2-5-18(11-17)23(30)27-15-21-6-3-9-25-21/h2,4-5,7-8,10-11,13-14,21,25H,3,6,9,12,15H2,1H3,(H,26,31)(H,27,30)(H,28,29)/t21-/m1/s1. The second-order valence-electron chi connectivity index (χ2n) is 7.90. The normalized spacial score (nSPS) is 15.6. The highest BCUT2D eigenvalue weighted by Crippen LogP contribution is 2.23. The van der Waals surface area contributed by atoms with Crippen LogP contribution in [0.15, 0.2) is 54.9 Å². The molecule has 1 aromatic heterocycles. The molecular weight excluding hydrogens is 390 g/mol. The van der Waals surface area contributed by atoms with Crippen LogP contribution in [-0.2, 0) is 6.54 Å². The van der Waals surface area contributed by atoms with Gasteiger partial charge in [-0.1, -0.05) is 18.2 Å². The molecule has 31 heavy (non-hydrogen) atoms. The van der Waals surface area contributed by atoms with Gasteiger partial charge in [0.05, 0.1) is 6.20 Å². The highest BCUT2D eigenvalue weighted by atomic mass is 16.2. The van der Waals surface area contributed by atoms with E-state index in [4.69, 9.17) is 0 Å². The molecular formula is C24H27N5O2.